The number of ether oxygens (including phenoxy) is 2. The van der Waals surface area contributed by atoms with E-state index in [9.17, 15) is 9.59 Å². The predicted molar refractivity (Wildman–Crippen MR) is 100 cm³/mol. The maximum Gasteiger partial charge on any atom is 0.319 e. The lowest BCUT2D eigenvalue weighted by Gasteiger charge is -2.11. The molecule has 1 unspecified atom stereocenters. The minimum absolute atomic E-state index is 0.161. The Kier molecular flexibility index (Phi) is 11.3. The zero-order valence-electron chi connectivity index (χ0n) is 15.3. The van der Waals surface area contributed by atoms with E-state index in [4.69, 9.17) is 9.47 Å². The smallest absolute Gasteiger partial charge is 0.319 e. The minimum Gasteiger partial charge on any atom is -0.497 e. The summed E-state index contributed by atoms with van der Waals surface area (Å²) in [6.45, 7) is 2.66. The van der Waals surface area contributed by atoms with Gasteiger partial charge in [0.1, 0.15) is 19.0 Å². The number of carbonyl (C=O) groups is 2. The highest BCUT2D eigenvalue weighted by molar-refractivity contribution is 7.99. The first kappa shape index (κ1) is 22.1. The van der Waals surface area contributed by atoms with Crippen molar-refractivity contribution in [1.29, 1.82) is 0 Å². The summed E-state index contributed by atoms with van der Waals surface area (Å²) < 4.78 is 10.1. The molecule has 0 aliphatic carbocycles. The second kappa shape index (κ2) is 13.3. The Morgan fingerprint density at radius 1 is 1.15 bits per heavy atom. The van der Waals surface area contributed by atoms with E-state index in [1.807, 2.05) is 0 Å². The second-order valence-electron chi connectivity index (χ2n) is 5.24. The van der Waals surface area contributed by atoms with E-state index in [0.29, 0.717) is 23.7 Å². The van der Waals surface area contributed by atoms with Crippen LogP contribution in [0.15, 0.2) is 24.3 Å². The van der Waals surface area contributed by atoms with Crippen molar-refractivity contribution in [2.24, 2.45) is 5.92 Å². The summed E-state index contributed by atoms with van der Waals surface area (Å²) in [7, 11) is 2.98. The third-order valence-corrected chi connectivity index (χ3v) is 4.41. The normalized spacial score (nSPS) is 11.5. The lowest BCUT2D eigenvalue weighted by Crippen LogP contribution is -2.30. The van der Waals surface area contributed by atoms with Crippen LogP contribution in [0.1, 0.15) is 6.92 Å². The van der Waals surface area contributed by atoms with Crippen molar-refractivity contribution >= 4 is 29.4 Å². The van der Waals surface area contributed by atoms with Crippen molar-refractivity contribution in [2.45, 2.75) is 6.92 Å². The molecule has 0 bridgehead atoms. The number of hydrogen-bond donors (Lipinski definition) is 2. The Hall–Kier alpha value is -1.97. The van der Waals surface area contributed by atoms with Crippen LogP contribution in [0.2, 0.25) is 0 Å². The molecule has 0 radical (unpaired) electrons. The molecule has 1 aromatic carbocycles. The van der Waals surface area contributed by atoms with Gasteiger partial charge in [-0.05, 0) is 24.3 Å². The van der Waals surface area contributed by atoms with Gasteiger partial charge in [-0.15, -0.1) is 0 Å². The third kappa shape index (κ3) is 9.50. The quantitative estimate of drug-likeness (QED) is 0.246. The van der Waals surface area contributed by atoms with Crippen molar-refractivity contribution in [2.75, 3.05) is 50.8 Å². The minimum atomic E-state index is -0.277. The number of amides is 2. The van der Waals surface area contributed by atoms with Crippen molar-refractivity contribution in [3.63, 3.8) is 0 Å². The monoisotopic (exact) mass is 386 g/mol. The molecule has 0 aliphatic rings. The SMILES string of the molecule is COOCCOC(=O)C(C)CSCCNC(=O)Nc1ccc(OC)cc1. The molecule has 1 atom stereocenters. The first-order valence-electron chi connectivity index (χ1n) is 8.15. The zero-order valence-corrected chi connectivity index (χ0v) is 16.1. The third-order valence-electron chi connectivity index (χ3n) is 3.18. The average molecular weight is 386 g/mol. The number of carbonyl (C=O) groups excluding carboxylic acids is 2. The summed E-state index contributed by atoms with van der Waals surface area (Å²) in [6.07, 6.45) is 0. The van der Waals surface area contributed by atoms with E-state index in [1.54, 1.807) is 50.1 Å². The standard InChI is InChI=1S/C17H26N2O6S/c1-13(16(20)24-9-10-25-23-3)12-26-11-8-18-17(21)19-14-4-6-15(22-2)7-5-14/h4-7,13H,8-12H2,1-3H3,(H2,18,19,21). The van der Waals surface area contributed by atoms with Crippen LogP contribution in [0.5, 0.6) is 5.75 Å². The molecule has 0 saturated carbocycles. The Bertz CT molecular complexity index is 541. The van der Waals surface area contributed by atoms with Gasteiger partial charge in [0.15, 0.2) is 0 Å². The van der Waals surface area contributed by atoms with Crippen LogP contribution in [0.25, 0.3) is 0 Å². The van der Waals surface area contributed by atoms with E-state index < -0.39 is 0 Å². The van der Waals surface area contributed by atoms with Crippen LogP contribution in [-0.4, -0.2) is 57.5 Å². The van der Waals surface area contributed by atoms with Crippen LogP contribution in [0, 0.1) is 5.92 Å². The molecule has 0 fully saturated rings. The molecule has 0 heterocycles. The summed E-state index contributed by atoms with van der Waals surface area (Å²) in [4.78, 5) is 32.5. The highest BCUT2D eigenvalue weighted by atomic mass is 32.2. The Labute approximate surface area is 157 Å². The molecule has 0 aromatic heterocycles. The molecule has 26 heavy (non-hydrogen) atoms. The molecular weight excluding hydrogens is 360 g/mol. The molecule has 2 N–H and O–H groups in total. The Morgan fingerprint density at radius 3 is 2.54 bits per heavy atom. The summed E-state index contributed by atoms with van der Waals surface area (Å²) in [5.41, 5.74) is 0.685. The lowest BCUT2D eigenvalue weighted by molar-refractivity contribution is -0.276. The van der Waals surface area contributed by atoms with Crippen LogP contribution >= 0.6 is 11.8 Å². The Morgan fingerprint density at radius 2 is 1.88 bits per heavy atom. The topological polar surface area (TPSA) is 95.1 Å². The zero-order chi connectivity index (χ0) is 19.2. The number of anilines is 1. The van der Waals surface area contributed by atoms with Crippen molar-refractivity contribution in [1.82, 2.24) is 5.32 Å². The summed E-state index contributed by atoms with van der Waals surface area (Å²) in [6, 6.07) is 6.79. The summed E-state index contributed by atoms with van der Waals surface area (Å²) in [5.74, 6) is 1.54. The lowest BCUT2D eigenvalue weighted by atomic mass is 10.2. The van der Waals surface area contributed by atoms with Crippen LogP contribution in [0.4, 0.5) is 10.5 Å². The molecule has 0 aliphatic heterocycles. The van der Waals surface area contributed by atoms with E-state index in [1.165, 1.54) is 7.11 Å². The number of methoxy groups -OCH3 is 1. The van der Waals surface area contributed by atoms with E-state index in [-0.39, 0.29) is 31.1 Å². The van der Waals surface area contributed by atoms with Gasteiger partial charge < -0.3 is 20.1 Å². The highest BCUT2D eigenvalue weighted by Gasteiger charge is 2.14. The van der Waals surface area contributed by atoms with Gasteiger partial charge in [0, 0.05) is 23.7 Å². The molecule has 1 aromatic rings. The highest BCUT2D eigenvalue weighted by Crippen LogP contribution is 2.14. The van der Waals surface area contributed by atoms with Crippen LogP contribution in [0.3, 0.4) is 0 Å². The van der Waals surface area contributed by atoms with E-state index >= 15 is 0 Å². The fraction of sp³-hybridized carbons (Fsp3) is 0.529. The molecule has 0 saturated heterocycles. The number of benzene rings is 1. The molecule has 1 rings (SSSR count). The second-order valence-corrected chi connectivity index (χ2v) is 6.39. The number of urea groups is 1. The van der Waals surface area contributed by atoms with E-state index in [2.05, 4.69) is 20.4 Å². The number of rotatable bonds is 12. The number of hydrogen-bond acceptors (Lipinski definition) is 7. The van der Waals surface area contributed by atoms with Gasteiger partial charge >= 0.3 is 12.0 Å². The van der Waals surface area contributed by atoms with Gasteiger partial charge in [-0.25, -0.2) is 14.6 Å². The number of nitrogens with one attached hydrogen (secondary N) is 2. The summed E-state index contributed by atoms with van der Waals surface area (Å²) in [5, 5.41) is 5.50. The van der Waals surface area contributed by atoms with Crippen LogP contribution < -0.4 is 15.4 Å². The molecule has 2 amide bonds. The van der Waals surface area contributed by atoms with Gasteiger partial charge in [0.25, 0.3) is 0 Å². The molecule has 146 valence electrons. The van der Waals surface area contributed by atoms with E-state index in [0.717, 1.165) is 5.75 Å². The van der Waals surface area contributed by atoms with Gasteiger partial charge in [-0.2, -0.15) is 11.8 Å². The van der Waals surface area contributed by atoms with Gasteiger partial charge in [0.2, 0.25) is 0 Å². The first-order chi connectivity index (χ1) is 12.6. The van der Waals surface area contributed by atoms with Gasteiger partial charge in [-0.3, -0.25) is 4.79 Å². The molecular formula is C17H26N2O6S. The average Bonchev–Trinajstić information content (AvgIpc) is 2.65. The van der Waals surface area contributed by atoms with Crippen LogP contribution in [-0.2, 0) is 19.3 Å². The first-order valence-corrected chi connectivity index (χ1v) is 9.31. The van der Waals surface area contributed by atoms with Gasteiger partial charge in [-0.1, -0.05) is 6.92 Å². The maximum atomic E-state index is 11.8. The van der Waals surface area contributed by atoms with Gasteiger partial charge in [0.05, 0.1) is 20.1 Å². The predicted octanol–water partition coefficient (Wildman–Crippen LogP) is 2.31. The summed E-state index contributed by atoms with van der Waals surface area (Å²) >= 11 is 1.57. The van der Waals surface area contributed by atoms with Crippen molar-refractivity contribution in [3.8, 4) is 5.75 Å². The maximum absolute atomic E-state index is 11.8. The molecule has 8 nitrogen and oxygen atoms in total. The Balaban J connectivity index is 2.09. The fourth-order valence-corrected chi connectivity index (χ4v) is 2.72. The van der Waals surface area contributed by atoms with Crippen molar-refractivity contribution in [3.05, 3.63) is 24.3 Å². The fourth-order valence-electron chi connectivity index (χ4n) is 1.82. The number of thioether (sulfide) groups is 1. The number of esters is 1. The molecule has 9 heteroatoms. The van der Waals surface area contributed by atoms with Crippen molar-refractivity contribution < 1.29 is 28.8 Å². The molecule has 0 spiro atoms. The largest absolute Gasteiger partial charge is 0.497 e.